The number of non-ortho nitro benzene ring substituents is 1. The molecule has 4 rings (SSSR count). The maximum Gasteiger partial charge on any atom is 0.273 e. The van der Waals surface area contributed by atoms with Crippen LogP contribution in [0.2, 0.25) is 0 Å². The van der Waals surface area contributed by atoms with Crippen molar-refractivity contribution in [3.63, 3.8) is 0 Å². The summed E-state index contributed by atoms with van der Waals surface area (Å²) >= 11 is 0. The molecule has 0 bridgehead atoms. The van der Waals surface area contributed by atoms with Crippen molar-refractivity contribution in [1.82, 2.24) is 0 Å². The molecule has 0 aromatic heterocycles. The lowest BCUT2D eigenvalue weighted by Gasteiger charge is -2.38. The number of nitrogens with zero attached hydrogens (tertiary/aromatic N) is 1. The average Bonchev–Trinajstić information content (AvgIpc) is 3.21. The minimum Gasteiger partial charge on any atom is -0.494 e. The van der Waals surface area contributed by atoms with Gasteiger partial charge in [0.2, 0.25) is 0 Å². The van der Waals surface area contributed by atoms with Gasteiger partial charge in [-0.1, -0.05) is 24.3 Å². The van der Waals surface area contributed by atoms with E-state index in [9.17, 15) is 10.1 Å². The van der Waals surface area contributed by atoms with Gasteiger partial charge >= 0.3 is 0 Å². The standard InChI is InChI=1S/C21H22N2O5/c1-26-17-9-5-8-15(21(17)28-3)19-14-7-4-6-13(14)16-10-12(23(24)25)11-18(27-2)20(16)22-19/h4-6,8-11,13-14,19,22H,7H2,1-3H3/t13-,14-,19+/m1/s1. The Labute approximate surface area is 163 Å². The minimum atomic E-state index is -0.381. The van der Waals surface area contributed by atoms with E-state index in [-0.39, 0.29) is 28.5 Å². The smallest absolute Gasteiger partial charge is 0.273 e. The normalized spacial score (nSPS) is 22.0. The number of hydrogen-bond donors (Lipinski definition) is 1. The largest absolute Gasteiger partial charge is 0.494 e. The van der Waals surface area contributed by atoms with Crippen LogP contribution in [0.1, 0.15) is 29.5 Å². The zero-order valence-electron chi connectivity index (χ0n) is 16.0. The van der Waals surface area contributed by atoms with Gasteiger partial charge in [0.15, 0.2) is 11.5 Å². The zero-order chi connectivity index (χ0) is 19.8. The summed E-state index contributed by atoms with van der Waals surface area (Å²) in [5.74, 6) is 2.10. The molecule has 1 heterocycles. The van der Waals surface area contributed by atoms with E-state index in [0.717, 1.165) is 23.2 Å². The second kappa shape index (κ2) is 7.07. The lowest BCUT2D eigenvalue weighted by atomic mass is 9.76. The Morgan fingerprint density at radius 1 is 1.07 bits per heavy atom. The number of fused-ring (bicyclic) bond motifs is 3. The van der Waals surface area contributed by atoms with Crippen molar-refractivity contribution in [1.29, 1.82) is 0 Å². The van der Waals surface area contributed by atoms with Crippen molar-refractivity contribution in [2.45, 2.75) is 18.4 Å². The number of nitro groups is 1. The van der Waals surface area contributed by atoms with Gasteiger partial charge in [-0.25, -0.2) is 0 Å². The summed E-state index contributed by atoms with van der Waals surface area (Å²) in [7, 11) is 4.78. The molecule has 2 aliphatic rings. The summed E-state index contributed by atoms with van der Waals surface area (Å²) < 4.78 is 16.6. The zero-order valence-corrected chi connectivity index (χ0v) is 16.0. The fraction of sp³-hybridized carbons (Fsp3) is 0.333. The first-order chi connectivity index (χ1) is 13.6. The highest BCUT2D eigenvalue weighted by Gasteiger charge is 2.41. The van der Waals surface area contributed by atoms with Crippen LogP contribution < -0.4 is 19.5 Å². The molecule has 3 atom stereocenters. The summed E-state index contributed by atoms with van der Waals surface area (Å²) in [5.41, 5.74) is 2.71. The Bertz CT molecular complexity index is 956. The fourth-order valence-corrected chi connectivity index (χ4v) is 4.38. The Balaban J connectivity index is 1.87. The van der Waals surface area contributed by atoms with E-state index < -0.39 is 0 Å². The predicted molar refractivity (Wildman–Crippen MR) is 106 cm³/mol. The van der Waals surface area contributed by atoms with Crippen molar-refractivity contribution < 1.29 is 19.1 Å². The molecule has 2 aromatic rings. The first-order valence-electron chi connectivity index (χ1n) is 9.09. The molecular formula is C21H22N2O5. The third-order valence-corrected chi connectivity index (χ3v) is 5.62. The number of nitro benzene ring substituents is 1. The van der Waals surface area contributed by atoms with Crippen LogP contribution in [0.4, 0.5) is 11.4 Å². The van der Waals surface area contributed by atoms with Crippen LogP contribution in [0.3, 0.4) is 0 Å². The maximum atomic E-state index is 11.4. The molecule has 1 aliphatic carbocycles. The molecular weight excluding hydrogens is 360 g/mol. The molecule has 0 saturated heterocycles. The molecule has 1 N–H and O–H groups in total. The SMILES string of the molecule is COc1cc([N+](=O)[O-])cc2c1N[C@H](c1cccc(OC)c1OC)[C@@H]1CC=C[C@@H]21. The summed E-state index contributed by atoms with van der Waals surface area (Å²) in [6.45, 7) is 0. The fourth-order valence-electron chi connectivity index (χ4n) is 4.38. The van der Waals surface area contributed by atoms with Crippen LogP contribution in [0, 0.1) is 16.0 Å². The van der Waals surface area contributed by atoms with Gasteiger partial charge in [-0.2, -0.15) is 0 Å². The van der Waals surface area contributed by atoms with Crippen molar-refractivity contribution in [3.05, 3.63) is 63.7 Å². The molecule has 0 saturated carbocycles. The van der Waals surface area contributed by atoms with E-state index in [1.165, 1.54) is 13.2 Å². The lowest BCUT2D eigenvalue weighted by Crippen LogP contribution is -2.29. The summed E-state index contributed by atoms with van der Waals surface area (Å²) in [4.78, 5) is 11.0. The number of hydrogen-bond acceptors (Lipinski definition) is 6. The van der Waals surface area contributed by atoms with Crippen LogP contribution in [0.25, 0.3) is 0 Å². The Kier molecular flexibility index (Phi) is 4.58. The first-order valence-corrected chi connectivity index (χ1v) is 9.09. The summed E-state index contributed by atoms with van der Waals surface area (Å²) in [6, 6.07) is 8.90. The minimum absolute atomic E-state index is 0.0360. The third-order valence-electron chi connectivity index (χ3n) is 5.62. The summed E-state index contributed by atoms with van der Waals surface area (Å²) in [6.07, 6.45) is 5.14. The van der Waals surface area contributed by atoms with Gasteiger partial charge < -0.3 is 19.5 Å². The topological polar surface area (TPSA) is 82.9 Å². The molecule has 7 nitrogen and oxygen atoms in total. The number of nitrogens with one attached hydrogen (secondary N) is 1. The van der Waals surface area contributed by atoms with E-state index in [1.807, 2.05) is 18.2 Å². The quantitative estimate of drug-likeness (QED) is 0.467. The Morgan fingerprint density at radius 3 is 2.54 bits per heavy atom. The van der Waals surface area contributed by atoms with E-state index in [1.54, 1.807) is 20.3 Å². The second-order valence-corrected chi connectivity index (χ2v) is 6.93. The van der Waals surface area contributed by atoms with E-state index in [2.05, 4.69) is 17.5 Å². The predicted octanol–water partition coefficient (Wildman–Crippen LogP) is 4.45. The molecule has 146 valence electrons. The molecule has 7 heteroatoms. The van der Waals surface area contributed by atoms with Crippen molar-refractivity contribution in [2.75, 3.05) is 26.6 Å². The van der Waals surface area contributed by atoms with Crippen molar-refractivity contribution in [2.24, 2.45) is 5.92 Å². The monoisotopic (exact) mass is 382 g/mol. The second-order valence-electron chi connectivity index (χ2n) is 6.93. The Hall–Kier alpha value is -3.22. The highest BCUT2D eigenvalue weighted by Crippen LogP contribution is 2.55. The summed E-state index contributed by atoms with van der Waals surface area (Å²) in [5, 5.41) is 14.9. The van der Waals surface area contributed by atoms with Crippen molar-refractivity contribution >= 4 is 11.4 Å². The molecule has 2 aromatic carbocycles. The van der Waals surface area contributed by atoms with Gasteiger partial charge in [-0.3, -0.25) is 10.1 Å². The van der Waals surface area contributed by atoms with Gasteiger partial charge in [0, 0.05) is 17.5 Å². The van der Waals surface area contributed by atoms with Crippen LogP contribution in [0.5, 0.6) is 17.2 Å². The van der Waals surface area contributed by atoms with Crippen LogP contribution >= 0.6 is 0 Å². The number of methoxy groups -OCH3 is 3. The molecule has 0 amide bonds. The van der Waals surface area contributed by atoms with Crippen LogP contribution in [-0.2, 0) is 0 Å². The first kappa shape index (κ1) is 18.2. The lowest BCUT2D eigenvalue weighted by molar-refractivity contribution is -0.385. The van der Waals surface area contributed by atoms with Gasteiger partial charge in [0.25, 0.3) is 5.69 Å². The highest BCUT2D eigenvalue weighted by atomic mass is 16.6. The van der Waals surface area contributed by atoms with Gasteiger partial charge in [-0.15, -0.1) is 0 Å². The van der Waals surface area contributed by atoms with Crippen LogP contribution in [0.15, 0.2) is 42.5 Å². The number of rotatable bonds is 5. The molecule has 28 heavy (non-hydrogen) atoms. The van der Waals surface area contributed by atoms with Crippen molar-refractivity contribution in [3.8, 4) is 17.2 Å². The highest BCUT2D eigenvalue weighted by molar-refractivity contribution is 5.71. The molecule has 0 unspecified atom stereocenters. The van der Waals surface area contributed by atoms with E-state index >= 15 is 0 Å². The van der Waals surface area contributed by atoms with Gasteiger partial charge in [-0.05, 0) is 24.0 Å². The van der Waals surface area contributed by atoms with Gasteiger partial charge in [0.05, 0.1) is 44.0 Å². The molecule has 0 fully saturated rings. The number of benzene rings is 2. The molecule has 0 spiro atoms. The Morgan fingerprint density at radius 2 is 1.86 bits per heavy atom. The number of anilines is 1. The molecule has 1 aliphatic heterocycles. The van der Waals surface area contributed by atoms with E-state index in [0.29, 0.717) is 17.2 Å². The number of allylic oxidation sites excluding steroid dienone is 2. The average molecular weight is 382 g/mol. The maximum absolute atomic E-state index is 11.4. The molecule has 0 radical (unpaired) electrons. The van der Waals surface area contributed by atoms with Crippen LogP contribution in [-0.4, -0.2) is 26.3 Å². The number of para-hydroxylation sites is 1. The third kappa shape index (κ3) is 2.74. The van der Waals surface area contributed by atoms with Gasteiger partial charge in [0.1, 0.15) is 5.75 Å². The van der Waals surface area contributed by atoms with E-state index in [4.69, 9.17) is 14.2 Å². The number of ether oxygens (including phenoxy) is 3.